The summed E-state index contributed by atoms with van der Waals surface area (Å²) in [6, 6.07) is 5.11. The summed E-state index contributed by atoms with van der Waals surface area (Å²) in [6.45, 7) is 2.16. The standard InChI is InChI=1S/C14H21N3O3/c1-5-17(9-13(18)20-4)14(19)10-6-7-12(16(2)3)11(15)8-10/h6-8H,5,9,15H2,1-4H3. The van der Waals surface area contributed by atoms with Crippen molar-refractivity contribution in [2.75, 3.05) is 44.9 Å². The Bertz CT molecular complexity index is 500. The Morgan fingerprint density at radius 3 is 2.40 bits per heavy atom. The maximum absolute atomic E-state index is 12.3. The average molecular weight is 279 g/mol. The van der Waals surface area contributed by atoms with Crippen LogP contribution in [0.4, 0.5) is 11.4 Å². The summed E-state index contributed by atoms with van der Waals surface area (Å²) in [5.74, 6) is -0.687. The van der Waals surface area contributed by atoms with Crippen LogP contribution >= 0.6 is 0 Å². The molecule has 6 nitrogen and oxygen atoms in total. The number of likely N-dealkylation sites (N-methyl/N-ethyl adjacent to an activating group) is 1. The normalized spacial score (nSPS) is 10.0. The Hall–Kier alpha value is -2.24. The van der Waals surface area contributed by atoms with E-state index in [1.54, 1.807) is 25.1 Å². The number of nitrogens with zero attached hydrogens (tertiary/aromatic N) is 2. The van der Waals surface area contributed by atoms with Crippen LogP contribution in [0.2, 0.25) is 0 Å². The number of hydrogen-bond donors (Lipinski definition) is 1. The molecular formula is C14H21N3O3. The van der Waals surface area contributed by atoms with Gasteiger partial charge in [-0.3, -0.25) is 9.59 Å². The molecule has 1 amide bonds. The third-order valence-corrected chi connectivity index (χ3v) is 2.97. The summed E-state index contributed by atoms with van der Waals surface area (Å²) in [7, 11) is 5.05. The average Bonchev–Trinajstić information content (AvgIpc) is 2.43. The summed E-state index contributed by atoms with van der Waals surface area (Å²) in [6.07, 6.45) is 0. The number of methoxy groups -OCH3 is 1. The topological polar surface area (TPSA) is 75.9 Å². The van der Waals surface area contributed by atoms with Gasteiger partial charge in [-0.1, -0.05) is 0 Å². The Kier molecular flexibility index (Phi) is 5.37. The van der Waals surface area contributed by atoms with Crippen molar-refractivity contribution >= 4 is 23.3 Å². The molecule has 20 heavy (non-hydrogen) atoms. The number of esters is 1. The van der Waals surface area contributed by atoms with Crippen molar-refractivity contribution in [2.45, 2.75) is 6.92 Å². The highest BCUT2D eigenvalue weighted by molar-refractivity contribution is 5.97. The van der Waals surface area contributed by atoms with Crippen molar-refractivity contribution in [2.24, 2.45) is 0 Å². The number of anilines is 2. The van der Waals surface area contributed by atoms with Crippen molar-refractivity contribution in [3.05, 3.63) is 23.8 Å². The van der Waals surface area contributed by atoms with Gasteiger partial charge >= 0.3 is 5.97 Å². The molecule has 6 heteroatoms. The smallest absolute Gasteiger partial charge is 0.325 e. The predicted molar refractivity (Wildman–Crippen MR) is 78.8 cm³/mol. The minimum Gasteiger partial charge on any atom is -0.468 e. The number of carbonyl (C=O) groups is 2. The van der Waals surface area contributed by atoms with Crippen LogP contribution < -0.4 is 10.6 Å². The van der Waals surface area contributed by atoms with E-state index in [0.29, 0.717) is 17.8 Å². The van der Waals surface area contributed by atoms with Crippen LogP contribution in [0.25, 0.3) is 0 Å². The maximum atomic E-state index is 12.3. The lowest BCUT2D eigenvalue weighted by Crippen LogP contribution is -2.36. The van der Waals surface area contributed by atoms with Crippen LogP contribution in [0.15, 0.2) is 18.2 Å². The van der Waals surface area contributed by atoms with Crippen LogP contribution in [0.3, 0.4) is 0 Å². The molecule has 0 aromatic heterocycles. The zero-order chi connectivity index (χ0) is 15.3. The van der Waals surface area contributed by atoms with E-state index in [0.717, 1.165) is 5.69 Å². The molecule has 1 rings (SSSR count). The minimum atomic E-state index is -0.446. The van der Waals surface area contributed by atoms with Crippen molar-refractivity contribution in [3.8, 4) is 0 Å². The SMILES string of the molecule is CCN(CC(=O)OC)C(=O)c1ccc(N(C)C)c(N)c1. The van der Waals surface area contributed by atoms with Gasteiger partial charge in [-0.05, 0) is 25.1 Å². The molecule has 0 unspecified atom stereocenters. The summed E-state index contributed by atoms with van der Waals surface area (Å²) in [5, 5.41) is 0. The molecular weight excluding hydrogens is 258 g/mol. The van der Waals surface area contributed by atoms with Crippen molar-refractivity contribution in [1.82, 2.24) is 4.90 Å². The molecule has 1 aromatic carbocycles. The van der Waals surface area contributed by atoms with Crippen molar-refractivity contribution < 1.29 is 14.3 Å². The van der Waals surface area contributed by atoms with Gasteiger partial charge in [0.25, 0.3) is 5.91 Å². The van der Waals surface area contributed by atoms with E-state index in [2.05, 4.69) is 4.74 Å². The van der Waals surface area contributed by atoms with E-state index in [1.807, 2.05) is 19.0 Å². The lowest BCUT2D eigenvalue weighted by Gasteiger charge is -2.21. The second-order valence-electron chi connectivity index (χ2n) is 4.56. The zero-order valence-corrected chi connectivity index (χ0v) is 12.3. The van der Waals surface area contributed by atoms with Gasteiger partial charge in [-0.25, -0.2) is 0 Å². The van der Waals surface area contributed by atoms with Gasteiger partial charge in [0.15, 0.2) is 0 Å². The monoisotopic (exact) mass is 279 g/mol. The van der Waals surface area contributed by atoms with E-state index < -0.39 is 5.97 Å². The second-order valence-corrected chi connectivity index (χ2v) is 4.56. The van der Waals surface area contributed by atoms with E-state index >= 15 is 0 Å². The molecule has 0 bridgehead atoms. The molecule has 0 radical (unpaired) electrons. The molecule has 0 aliphatic heterocycles. The molecule has 0 fully saturated rings. The van der Waals surface area contributed by atoms with Gasteiger partial charge in [-0.15, -0.1) is 0 Å². The third kappa shape index (κ3) is 3.63. The largest absolute Gasteiger partial charge is 0.468 e. The highest BCUT2D eigenvalue weighted by Crippen LogP contribution is 2.23. The number of rotatable bonds is 5. The zero-order valence-electron chi connectivity index (χ0n) is 12.3. The van der Waals surface area contributed by atoms with Crippen LogP contribution in [0.5, 0.6) is 0 Å². The van der Waals surface area contributed by atoms with Gasteiger partial charge in [0, 0.05) is 26.2 Å². The Labute approximate surface area is 119 Å². The molecule has 0 saturated carbocycles. The fourth-order valence-corrected chi connectivity index (χ4v) is 1.82. The second kappa shape index (κ2) is 6.79. The van der Waals surface area contributed by atoms with E-state index in [-0.39, 0.29) is 12.5 Å². The highest BCUT2D eigenvalue weighted by Gasteiger charge is 2.18. The third-order valence-electron chi connectivity index (χ3n) is 2.97. The molecule has 0 spiro atoms. The molecule has 0 aliphatic carbocycles. The first kappa shape index (κ1) is 15.8. The quantitative estimate of drug-likeness (QED) is 0.642. The molecule has 0 heterocycles. The van der Waals surface area contributed by atoms with Crippen LogP contribution in [0.1, 0.15) is 17.3 Å². The Morgan fingerprint density at radius 1 is 1.30 bits per heavy atom. The number of nitrogens with two attached hydrogens (primary N) is 1. The lowest BCUT2D eigenvalue weighted by molar-refractivity contribution is -0.141. The number of carbonyl (C=O) groups excluding carboxylic acids is 2. The fourth-order valence-electron chi connectivity index (χ4n) is 1.82. The molecule has 0 aliphatic rings. The van der Waals surface area contributed by atoms with Gasteiger partial charge in [0.1, 0.15) is 6.54 Å². The van der Waals surface area contributed by atoms with E-state index in [4.69, 9.17) is 5.73 Å². The van der Waals surface area contributed by atoms with E-state index in [1.165, 1.54) is 12.0 Å². The lowest BCUT2D eigenvalue weighted by atomic mass is 10.1. The predicted octanol–water partition coefficient (Wildman–Crippen LogP) is 0.970. The van der Waals surface area contributed by atoms with Gasteiger partial charge in [0.05, 0.1) is 18.5 Å². The number of hydrogen-bond acceptors (Lipinski definition) is 5. The van der Waals surface area contributed by atoms with E-state index in [9.17, 15) is 9.59 Å². The Morgan fingerprint density at radius 2 is 1.95 bits per heavy atom. The first-order valence-electron chi connectivity index (χ1n) is 6.33. The van der Waals surface area contributed by atoms with Gasteiger partial charge < -0.3 is 20.3 Å². The van der Waals surface area contributed by atoms with Gasteiger partial charge in [0.2, 0.25) is 0 Å². The van der Waals surface area contributed by atoms with Gasteiger partial charge in [-0.2, -0.15) is 0 Å². The number of ether oxygens (including phenoxy) is 1. The number of benzene rings is 1. The molecule has 110 valence electrons. The molecule has 0 saturated heterocycles. The summed E-state index contributed by atoms with van der Waals surface area (Å²) in [4.78, 5) is 26.9. The first-order valence-corrected chi connectivity index (χ1v) is 6.33. The highest BCUT2D eigenvalue weighted by atomic mass is 16.5. The molecule has 0 atom stereocenters. The van der Waals surface area contributed by atoms with Crippen molar-refractivity contribution in [3.63, 3.8) is 0 Å². The number of nitrogen functional groups attached to an aromatic ring is 1. The summed E-state index contributed by atoms with van der Waals surface area (Å²) >= 11 is 0. The molecule has 1 aromatic rings. The Balaban J connectivity index is 2.95. The van der Waals surface area contributed by atoms with Crippen LogP contribution in [-0.2, 0) is 9.53 Å². The minimum absolute atomic E-state index is 0.0683. The maximum Gasteiger partial charge on any atom is 0.325 e. The number of amides is 1. The first-order chi connectivity index (χ1) is 9.40. The fraction of sp³-hybridized carbons (Fsp3) is 0.429. The van der Waals surface area contributed by atoms with Crippen LogP contribution in [-0.4, -0.2) is 51.1 Å². The van der Waals surface area contributed by atoms with Crippen molar-refractivity contribution in [1.29, 1.82) is 0 Å². The summed E-state index contributed by atoms with van der Waals surface area (Å²) in [5.41, 5.74) is 7.75. The van der Waals surface area contributed by atoms with Crippen LogP contribution in [0, 0.1) is 0 Å². The summed E-state index contributed by atoms with van der Waals surface area (Å²) < 4.78 is 4.58. The molecule has 2 N–H and O–H groups in total.